The Morgan fingerprint density at radius 3 is 2.47 bits per heavy atom. The highest BCUT2D eigenvalue weighted by molar-refractivity contribution is 5.76. The fourth-order valence-corrected chi connectivity index (χ4v) is 2.77. The number of carbonyl (C=O) groups is 2. The van der Waals surface area contributed by atoms with E-state index in [1.54, 1.807) is 0 Å². The molecule has 0 saturated carbocycles. The Morgan fingerprint density at radius 2 is 1.83 bits per heavy atom. The molecule has 1 aliphatic heterocycles. The molecule has 0 unspecified atom stereocenters. The molecule has 0 radical (unpaired) electrons. The van der Waals surface area contributed by atoms with Crippen molar-refractivity contribution in [3.05, 3.63) is 24.3 Å². The molecule has 1 amide bonds. The van der Waals surface area contributed by atoms with Gasteiger partial charge in [-0.3, -0.25) is 4.79 Å². The highest BCUT2D eigenvalue weighted by atomic mass is 16.7. The number of nitrogens with two attached hydrogens (primary N) is 1. The minimum atomic E-state index is -1.04. The van der Waals surface area contributed by atoms with Crippen molar-refractivity contribution in [2.24, 2.45) is 11.7 Å². The van der Waals surface area contributed by atoms with E-state index in [4.69, 9.17) is 29.4 Å². The molecule has 1 fully saturated rings. The fraction of sp³-hybridized carbons (Fsp3) is 0.619. The van der Waals surface area contributed by atoms with Gasteiger partial charge in [-0.25, -0.2) is 4.79 Å². The Hall–Kier alpha value is -2.52. The Labute approximate surface area is 177 Å². The topological polar surface area (TPSA) is 110 Å². The molecule has 9 heteroatoms. The molecule has 3 atom stereocenters. The molecule has 2 N–H and O–H groups in total. The van der Waals surface area contributed by atoms with Gasteiger partial charge in [0.2, 0.25) is 6.29 Å². The molecule has 0 aliphatic carbocycles. The zero-order valence-corrected chi connectivity index (χ0v) is 18.0. The third-order valence-corrected chi connectivity index (χ3v) is 4.51. The summed E-state index contributed by atoms with van der Waals surface area (Å²) < 4.78 is 27.4. The summed E-state index contributed by atoms with van der Waals surface area (Å²) in [7, 11) is 0. The molecule has 2 rings (SSSR count). The lowest BCUT2D eigenvalue weighted by atomic mass is 10.1. The number of esters is 1. The van der Waals surface area contributed by atoms with Crippen LogP contribution in [-0.4, -0.2) is 68.3 Å². The largest absolute Gasteiger partial charge is 0.490 e. The van der Waals surface area contributed by atoms with Gasteiger partial charge in [-0.1, -0.05) is 26.0 Å². The van der Waals surface area contributed by atoms with Crippen LogP contribution in [0.1, 0.15) is 27.7 Å². The Bertz CT molecular complexity index is 698. The number of nitrogens with zero attached hydrogens (tertiary/aromatic N) is 1. The van der Waals surface area contributed by atoms with Gasteiger partial charge in [0.1, 0.15) is 18.8 Å². The number of ether oxygens (including phenoxy) is 5. The van der Waals surface area contributed by atoms with E-state index < -0.39 is 24.4 Å². The molecule has 1 heterocycles. The Balaban J connectivity index is 1.82. The van der Waals surface area contributed by atoms with Gasteiger partial charge in [0, 0.05) is 13.5 Å². The number of amides is 1. The summed E-state index contributed by atoms with van der Waals surface area (Å²) in [5.41, 5.74) is 5.75. The number of hydrogen-bond donors (Lipinski definition) is 1. The molecule has 1 aliphatic rings. The smallest absolute Gasteiger partial charge is 0.413 e. The molecule has 0 spiro atoms. The van der Waals surface area contributed by atoms with Crippen molar-refractivity contribution >= 4 is 12.1 Å². The molecule has 30 heavy (non-hydrogen) atoms. The van der Waals surface area contributed by atoms with Crippen LogP contribution in [-0.2, 0) is 19.0 Å². The third kappa shape index (κ3) is 7.07. The van der Waals surface area contributed by atoms with Gasteiger partial charge < -0.3 is 34.3 Å². The summed E-state index contributed by atoms with van der Waals surface area (Å²) in [6.07, 6.45) is -1.95. The first kappa shape index (κ1) is 23.8. The quantitative estimate of drug-likeness (QED) is 0.474. The van der Waals surface area contributed by atoms with Crippen molar-refractivity contribution in [3.63, 3.8) is 0 Å². The van der Waals surface area contributed by atoms with E-state index in [0.717, 1.165) is 0 Å². The van der Waals surface area contributed by atoms with Gasteiger partial charge in [0.25, 0.3) is 0 Å². The minimum Gasteiger partial charge on any atom is -0.490 e. The molecule has 168 valence electrons. The molecule has 1 aromatic rings. The molecular formula is C21H32N2O7. The van der Waals surface area contributed by atoms with Crippen LogP contribution < -0.4 is 15.2 Å². The second-order valence-electron chi connectivity index (χ2n) is 7.29. The molecule has 1 aromatic carbocycles. The summed E-state index contributed by atoms with van der Waals surface area (Å²) in [4.78, 5) is 25.8. The lowest BCUT2D eigenvalue weighted by Gasteiger charge is -2.32. The van der Waals surface area contributed by atoms with Crippen molar-refractivity contribution in [3.8, 4) is 11.5 Å². The monoisotopic (exact) mass is 424 g/mol. The zero-order chi connectivity index (χ0) is 22.1. The van der Waals surface area contributed by atoms with Crippen molar-refractivity contribution in [1.29, 1.82) is 0 Å². The highest BCUT2D eigenvalue weighted by Crippen LogP contribution is 2.26. The van der Waals surface area contributed by atoms with E-state index in [0.29, 0.717) is 37.8 Å². The van der Waals surface area contributed by atoms with E-state index >= 15 is 0 Å². The number of carbonyl (C=O) groups excluding carboxylic acids is 2. The van der Waals surface area contributed by atoms with Gasteiger partial charge in [-0.2, -0.15) is 0 Å². The summed E-state index contributed by atoms with van der Waals surface area (Å²) in [5.74, 6) is 0.590. The minimum absolute atomic E-state index is 0.0757. The maximum absolute atomic E-state index is 12.4. The van der Waals surface area contributed by atoms with Crippen LogP contribution in [0.2, 0.25) is 0 Å². The average Bonchev–Trinajstić information content (AvgIpc) is 2.72. The van der Waals surface area contributed by atoms with Gasteiger partial charge in [0.05, 0.1) is 19.8 Å². The molecule has 0 bridgehead atoms. The van der Waals surface area contributed by atoms with Gasteiger partial charge in [-0.05, 0) is 25.0 Å². The van der Waals surface area contributed by atoms with Crippen LogP contribution in [0.15, 0.2) is 24.3 Å². The van der Waals surface area contributed by atoms with E-state index in [9.17, 15) is 9.59 Å². The lowest BCUT2D eigenvalue weighted by molar-refractivity contribution is -0.169. The number of hydrogen-bond acceptors (Lipinski definition) is 8. The van der Waals surface area contributed by atoms with E-state index in [1.165, 1.54) is 11.8 Å². The van der Waals surface area contributed by atoms with Crippen molar-refractivity contribution in [2.75, 3.05) is 32.9 Å². The summed E-state index contributed by atoms with van der Waals surface area (Å²) in [5, 5.41) is 0. The maximum atomic E-state index is 12.4. The second kappa shape index (κ2) is 11.6. The molecule has 9 nitrogen and oxygen atoms in total. The van der Waals surface area contributed by atoms with Crippen LogP contribution in [0.5, 0.6) is 11.5 Å². The maximum Gasteiger partial charge on any atom is 0.413 e. The SMILES string of the molecule is CCOc1ccccc1OC[C@H]1CN(C(=O)O[C@@H](C)OC(=O)[C@@H](N)C(C)C)CCO1. The molecular weight excluding hydrogens is 392 g/mol. The normalized spacial score (nSPS) is 18.5. The van der Waals surface area contributed by atoms with Crippen LogP contribution in [0.25, 0.3) is 0 Å². The predicted octanol–water partition coefficient (Wildman–Crippen LogP) is 2.17. The second-order valence-corrected chi connectivity index (χ2v) is 7.29. The number of benzene rings is 1. The number of rotatable bonds is 9. The van der Waals surface area contributed by atoms with E-state index in [-0.39, 0.29) is 18.6 Å². The van der Waals surface area contributed by atoms with Crippen LogP contribution in [0, 0.1) is 5.92 Å². The third-order valence-electron chi connectivity index (χ3n) is 4.51. The lowest BCUT2D eigenvalue weighted by Crippen LogP contribution is -2.48. The number of para-hydroxylation sites is 2. The Morgan fingerprint density at radius 1 is 1.17 bits per heavy atom. The van der Waals surface area contributed by atoms with Crippen molar-refractivity contribution in [1.82, 2.24) is 4.90 Å². The van der Waals surface area contributed by atoms with Gasteiger partial charge in [-0.15, -0.1) is 0 Å². The highest BCUT2D eigenvalue weighted by Gasteiger charge is 2.28. The first-order valence-electron chi connectivity index (χ1n) is 10.2. The first-order valence-corrected chi connectivity index (χ1v) is 10.2. The average molecular weight is 424 g/mol. The summed E-state index contributed by atoms with van der Waals surface area (Å²) >= 11 is 0. The van der Waals surface area contributed by atoms with Crippen molar-refractivity contribution in [2.45, 2.75) is 46.1 Å². The summed E-state index contributed by atoms with van der Waals surface area (Å²) in [6, 6.07) is 6.61. The van der Waals surface area contributed by atoms with Crippen LogP contribution in [0.3, 0.4) is 0 Å². The van der Waals surface area contributed by atoms with Crippen LogP contribution in [0.4, 0.5) is 4.79 Å². The van der Waals surface area contributed by atoms with Crippen LogP contribution >= 0.6 is 0 Å². The van der Waals surface area contributed by atoms with E-state index in [1.807, 2.05) is 45.0 Å². The van der Waals surface area contributed by atoms with Gasteiger partial charge >= 0.3 is 12.1 Å². The molecule has 0 aromatic heterocycles. The summed E-state index contributed by atoms with van der Waals surface area (Å²) in [6.45, 7) is 8.80. The Kier molecular flexibility index (Phi) is 9.19. The van der Waals surface area contributed by atoms with Gasteiger partial charge in [0.15, 0.2) is 11.5 Å². The fourth-order valence-electron chi connectivity index (χ4n) is 2.77. The van der Waals surface area contributed by atoms with Crippen molar-refractivity contribution < 1.29 is 33.3 Å². The number of morpholine rings is 1. The van der Waals surface area contributed by atoms with E-state index in [2.05, 4.69) is 0 Å². The zero-order valence-electron chi connectivity index (χ0n) is 18.0. The first-order chi connectivity index (χ1) is 14.3. The predicted molar refractivity (Wildman–Crippen MR) is 109 cm³/mol. The molecule has 1 saturated heterocycles. The standard InChI is InChI=1S/C21H32N2O7/c1-5-26-17-8-6-7-9-18(17)28-13-16-12-23(10-11-27-16)21(25)30-15(4)29-20(24)19(22)14(2)3/h6-9,14-16,19H,5,10-13,22H2,1-4H3/t15-,16+,19-/m0/s1.